The maximum atomic E-state index is 12.8. The Morgan fingerprint density at radius 2 is 2.04 bits per heavy atom. The SMILES string of the molecule is COCCCNC(=O)c1cc(-c2cccn2C)nn1-c1ccc(C)cc1C. The smallest absolute Gasteiger partial charge is 0.270 e. The zero-order chi connectivity index (χ0) is 19.4. The van der Waals surface area contributed by atoms with E-state index in [1.165, 1.54) is 5.56 Å². The number of hydrogen-bond acceptors (Lipinski definition) is 3. The highest BCUT2D eigenvalue weighted by atomic mass is 16.5. The standard InChI is InChI=1S/C21H26N4O2/c1-15-8-9-18(16(2)13-15)25-20(21(26)22-10-6-12-27-4)14-17(23-25)19-7-5-11-24(19)3/h5,7-9,11,13-14H,6,10,12H2,1-4H3,(H,22,26). The molecule has 0 saturated carbocycles. The second kappa shape index (κ2) is 8.22. The average Bonchev–Trinajstić information content (AvgIpc) is 3.25. The Bertz CT molecular complexity index is 940. The minimum Gasteiger partial charge on any atom is -0.385 e. The number of carbonyl (C=O) groups excluding carboxylic acids is 1. The molecule has 0 aliphatic rings. The van der Waals surface area contributed by atoms with Crippen LogP contribution in [0.25, 0.3) is 17.1 Å². The van der Waals surface area contributed by atoms with Crippen LogP contribution in [0.3, 0.4) is 0 Å². The molecule has 0 spiro atoms. The first-order chi connectivity index (χ1) is 13.0. The second-order valence-corrected chi connectivity index (χ2v) is 6.72. The highest BCUT2D eigenvalue weighted by Gasteiger charge is 2.19. The Morgan fingerprint density at radius 1 is 1.22 bits per heavy atom. The lowest BCUT2D eigenvalue weighted by Crippen LogP contribution is -2.27. The molecule has 2 heterocycles. The van der Waals surface area contributed by atoms with E-state index < -0.39 is 0 Å². The fourth-order valence-electron chi connectivity index (χ4n) is 3.13. The number of methoxy groups -OCH3 is 1. The zero-order valence-electron chi connectivity index (χ0n) is 16.3. The summed E-state index contributed by atoms with van der Waals surface area (Å²) in [5.41, 5.74) is 5.41. The van der Waals surface area contributed by atoms with Crippen molar-refractivity contribution in [2.45, 2.75) is 20.3 Å². The molecule has 3 rings (SSSR count). The van der Waals surface area contributed by atoms with E-state index in [0.717, 1.165) is 29.1 Å². The van der Waals surface area contributed by atoms with Crippen molar-refractivity contribution in [2.24, 2.45) is 7.05 Å². The minimum atomic E-state index is -0.140. The number of benzene rings is 1. The molecule has 6 heteroatoms. The fraction of sp³-hybridized carbons (Fsp3) is 0.333. The van der Waals surface area contributed by atoms with Gasteiger partial charge in [0, 0.05) is 33.5 Å². The summed E-state index contributed by atoms with van der Waals surface area (Å²) in [4.78, 5) is 12.8. The van der Waals surface area contributed by atoms with Crippen LogP contribution in [0.2, 0.25) is 0 Å². The van der Waals surface area contributed by atoms with Crippen LogP contribution in [-0.4, -0.2) is 40.5 Å². The van der Waals surface area contributed by atoms with E-state index in [1.54, 1.807) is 11.8 Å². The topological polar surface area (TPSA) is 61.1 Å². The largest absolute Gasteiger partial charge is 0.385 e. The summed E-state index contributed by atoms with van der Waals surface area (Å²) < 4.78 is 8.78. The van der Waals surface area contributed by atoms with E-state index >= 15 is 0 Å². The molecular weight excluding hydrogens is 340 g/mol. The van der Waals surface area contributed by atoms with Crippen LogP contribution in [-0.2, 0) is 11.8 Å². The molecule has 3 aromatic rings. The van der Waals surface area contributed by atoms with E-state index in [0.29, 0.717) is 18.8 Å². The van der Waals surface area contributed by atoms with Gasteiger partial charge in [-0.05, 0) is 50.1 Å². The molecule has 0 bridgehead atoms. The molecule has 0 aliphatic heterocycles. The summed E-state index contributed by atoms with van der Waals surface area (Å²) in [5, 5.41) is 7.71. The van der Waals surface area contributed by atoms with Crippen LogP contribution >= 0.6 is 0 Å². The Labute approximate surface area is 159 Å². The monoisotopic (exact) mass is 366 g/mol. The van der Waals surface area contributed by atoms with Gasteiger partial charge in [0.05, 0.1) is 11.4 Å². The van der Waals surface area contributed by atoms with Crippen molar-refractivity contribution in [3.05, 3.63) is 59.4 Å². The predicted octanol–water partition coefficient (Wildman–Crippen LogP) is 3.26. The molecule has 0 aliphatic carbocycles. The van der Waals surface area contributed by atoms with Gasteiger partial charge in [-0.25, -0.2) is 4.68 Å². The molecule has 2 aromatic heterocycles. The number of nitrogens with one attached hydrogen (secondary N) is 1. The van der Waals surface area contributed by atoms with Crippen LogP contribution in [0.4, 0.5) is 0 Å². The van der Waals surface area contributed by atoms with Crippen molar-refractivity contribution in [3.63, 3.8) is 0 Å². The molecule has 27 heavy (non-hydrogen) atoms. The average molecular weight is 366 g/mol. The third-order valence-electron chi connectivity index (χ3n) is 4.54. The molecule has 0 unspecified atom stereocenters. The molecule has 1 amide bonds. The Kier molecular flexibility index (Phi) is 5.76. The summed E-state index contributed by atoms with van der Waals surface area (Å²) in [6, 6.07) is 11.9. The lowest BCUT2D eigenvalue weighted by atomic mass is 10.1. The maximum absolute atomic E-state index is 12.8. The van der Waals surface area contributed by atoms with Gasteiger partial charge >= 0.3 is 0 Å². The highest BCUT2D eigenvalue weighted by molar-refractivity contribution is 5.94. The Balaban J connectivity index is 2.00. The van der Waals surface area contributed by atoms with E-state index in [4.69, 9.17) is 9.84 Å². The Morgan fingerprint density at radius 3 is 2.70 bits per heavy atom. The van der Waals surface area contributed by atoms with Gasteiger partial charge in [-0.15, -0.1) is 0 Å². The molecule has 6 nitrogen and oxygen atoms in total. The van der Waals surface area contributed by atoms with Gasteiger partial charge in [-0.3, -0.25) is 4.79 Å². The summed E-state index contributed by atoms with van der Waals surface area (Å²) >= 11 is 0. The van der Waals surface area contributed by atoms with Crippen molar-refractivity contribution in [1.82, 2.24) is 19.7 Å². The molecule has 0 saturated heterocycles. The van der Waals surface area contributed by atoms with Gasteiger partial charge in [-0.1, -0.05) is 17.7 Å². The van der Waals surface area contributed by atoms with E-state index in [1.807, 2.05) is 55.1 Å². The minimum absolute atomic E-state index is 0.140. The van der Waals surface area contributed by atoms with E-state index in [-0.39, 0.29) is 5.91 Å². The number of nitrogens with zero attached hydrogens (tertiary/aromatic N) is 3. The van der Waals surface area contributed by atoms with Gasteiger partial charge in [0.2, 0.25) is 0 Å². The number of rotatable bonds is 7. The molecule has 0 radical (unpaired) electrons. The molecule has 1 aromatic carbocycles. The summed E-state index contributed by atoms with van der Waals surface area (Å²) in [5.74, 6) is -0.140. The first kappa shape index (κ1) is 18.9. The fourth-order valence-corrected chi connectivity index (χ4v) is 3.13. The number of ether oxygens (including phenoxy) is 1. The van der Waals surface area contributed by atoms with Crippen molar-refractivity contribution >= 4 is 5.91 Å². The third kappa shape index (κ3) is 4.11. The van der Waals surface area contributed by atoms with Gasteiger partial charge in [0.25, 0.3) is 5.91 Å². The maximum Gasteiger partial charge on any atom is 0.270 e. The quantitative estimate of drug-likeness (QED) is 0.653. The van der Waals surface area contributed by atoms with Gasteiger partial charge < -0.3 is 14.6 Å². The van der Waals surface area contributed by atoms with Gasteiger partial charge in [-0.2, -0.15) is 5.10 Å². The number of hydrogen-bond donors (Lipinski definition) is 1. The van der Waals surface area contributed by atoms with Crippen LogP contribution in [0.15, 0.2) is 42.6 Å². The number of carbonyl (C=O) groups is 1. The molecule has 142 valence electrons. The first-order valence-corrected chi connectivity index (χ1v) is 9.08. The lowest BCUT2D eigenvalue weighted by Gasteiger charge is -2.11. The molecule has 1 N–H and O–H groups in total. The van der Waals surface area contributed by atoms with Crippen molar-refractivity contribution in [3.8, 4) is 17.1 Å². The second-order valence-electron chi connectivity index (χ2n) is 6.72. The normalized spacial score (nSPS) is 11.0. The van der Waals surface area contributed by atoms with Gasteiger partial charge in [0.15, 0.2) is 0 Å². The molecule has 0 fully saturated rings. The Hall–Kier alpha value is -2.86. The van der Waals surface area contributed by atoms with Crippen molar-refractivity contribution in [1.29, 1.82) is 0 Å². The van der Waals surface area contributed by atoms with Crippen LogP contribution in [0, 0.1) is 13.8 Å². The third-order valence-corrected chi connectivity index (χ3v) is 4.54. The first-order valence-electron chi connectivity index (χ1n) is 9.08. The molecular formula is C21H26N4O2. The number of aryl methyl sites for hydroxylation is 3. The van der Waals surface area contributed by atoms with Crippen molar-refractivity contribution < 1.29 is 9.53 Å². The van der Waals surface area contributed by atoms with Gasteiger partial charge in [0.1, 0.15) is 11.4 Å². The predicted molar refractivity (Wildman–Crippen MR) is 106 cm³/mol. The van der Waals surface area contributed by atoms with Crippen LogP contribution < -0.4 is 5.32 Å². The van der Waals surface area contributed by atoms with E-state index in [9.17, 15) is 4.79 Å². The van der Waals surface area contributed by atoms with Crippen LogP contribution in [0.5, 0.6) is 0 Å². The lowest BCUT2D eigenvalue weighted by molar-refractivity contribution is 0.0941. The summed E-state index contributed by atoms with van der Waals surface area (Å²) in [7, 11) is 3.62. The summed E-state index contributed by atoms with van der Waals surface area (Å²) in [6.45, 7) is 5.26. The van der Waals surface area contributed by atoms with Crippen LogP contribution in [0.1, 0.15) is 28.0 Å². The zero-order valence-corrected chi connectivity index (χ0v) is 16.3. The number of amides is 1. The van der Waals surface area contributed by atoms with E-state index in [2.05, 4.69) is 18.3 Å². The number of aromatic nitrogens is 3. The molecule has 0 atom stereocenters. The highest BCUT2D eigenvalue weighted by Crippen LogP contribution is 2.24. The summed E-state index contributed by atoms with van der Waals surface area (Å²) in [6.07, 6.45) is 2.74. The van der Waals surface area contributed by atoms with Crippen molar-refractivity contribution in [2.75, 3.05) is 20.3 Å².